The fraction of sp³-hybridized carbons (Fsp3) is 0.276. The van der Waals surface area contributed by atoms with Crippen molar-refractivity contribution in [2.75, 3.05) is 6.61 Å². The van der Waals surface area contributed by atoms with Gasteiger partial charge in [-0.05, 0) is 30.0 Å². The van der Waals surface area contributed by atoms with Crippen molar-refractivity contribution in [3.05, 3.63) is 120 Å². The molecular formula is C29H30O3. The first-order valence-corrected chi connectivity index (χ1v) is 11.2. The summed E-state index contributed by atoms with van der Waals surface area (Å²) < 4.78 is 13.1. The predicted octanol–water partition coefficient (Wildman–Crippen LogP) is 5.93. The van der Waals surface area contributed by atoms with Gasteiger partial charge in [-0.1, -0.05) is 103 Å². The molecule has 1 heterocycles. The molecular weight excluding hydrogens is 396 g/mol. The third-order valence-electron chi connectivity index (χ3n) is 6.32. The Morgan fingerprint density at radius 2 is 1.41 bits per heavy atom. The van der Waals surface area contributed by atoms with Gasteiger partial charge in [0.05, 0.1) is 18.8 Å². The lowest BCUT2D eigenvalue weighted by Gasteiger charge is -2.36. The molecule has 0 unspecified atom stereocenters. The molecule has 3 atom stereocenters. The van der Waals surface area contributed by atoms with Crippen LogP contribution < -0.4 is 0 Å². The molecule has 3 aromatic rings. The summed E-state index contributed by atoms with van der Waals surface area (Å²) in [5, 5.41) is 0. The lowest BCUT2D eigenvalue weighted by atomic mass is 9.80. The van der Waals surface area contributed by atoms with Crippen molar-refractivity contribution >= 4 is 6.29 Å². The van der Waals surface area contributed by atoms with E-state index in [2.05, 4.69) is 43.0 Å². The molecule has 3 nitrogen and oxygen atoms in total. The third-order valence-corrected chi connectivity index (χ3v) is 6.32. The fourth-order valence-corrected chi connectivity index (χ4v) is 4.76. The Hall–Kier alpha value is -3.01. The van der Waals surface area contributed by atoms with Gasteiger partial charge in [-0.15, -0.1) is 0 Å². The first-order chi connectivity index (χ1) is 15.6. The molecule has 1 fully saturated rings. The van der Waals surface area contributed by atoms with Crippen LogP contribution in [0.5, 0.6) is 0 Å². The third kappa shape index (κ3) is 4.45. The van der Waals surface area contributed by atoms with E-state index in [9.17, 15) is 4.79 Å². The van der Waals surface area contributed by atoms with E-state index in [1.54, 1.807) is 0 Å². The van der Waals surface area contributed by atoms with Crippen LogP contribution in [-0.4, -0.2) is 25.1 Å². The molecule has 0 aromatic heterocycles. The van der Waals surface area contributed by atoms with Crippen LogP contribution in [0.2, 0.25) is 0 Å². The number of hydrogen-bond donors (Lipinski definition) is 0. The Kier molecular flexibility index (Phi) is 6.99. The zero-order valence-electron chi connectivity index (χ0n) is 18.5. The van der Waals surface area contributed by atoms with Crippen molar-refractivity contribution in [1.29, 1.82) is 0 Å². The molecule has 0 radical (unpaired) electrons. The fourth-order valence-electron chi connectivity index (χ4n) is 4.76. The molecule has 3 aromatic carbocycles. The maximum absolute atomic E-state index is 11.2. The van der Waals surface area contributed by atoms with Gasteiger partial charge < -0.3 is 14.3 Å². The zero-order chi connectivity index (χ0) is 22.4. The number of hydrogen-bond acceptors (Lipinski definition) is 3. The topological polar surface area (TPSA) is 35.5 Å². The zero-order valence-corrected chi connectivity index (χ0v) is 18.5. The minimum absolute atomic E-state index is 0.0999. The lowest BCUT2D eigenvalue weighted by Crippen LogP contribution is -2.35. The normalized spacial score (nSPS) is 20.7. The van der Waals surface area contributed by atoms with E-state index in [4.69, 9.17) is 9.47 Å². The molecule has 0 amide bonds. The second-order valence-corrected chi connectivity index (χ2v) is 8.48. The summed E-state index contributed by atoms with van der Waals surface area (Å²) in [4.78, 5) is 11.2. The van der Waals surface area contributed by atoms with Crippen LogP contribution in [0.25, 0.3) is 0 Å². The number of carbonyl (C=O) groups is 1. The average Bonchev–Trinajstić information content (AvgIpc) is 3.25. The first-order valence-electron chi connectivity index (χ1n) is 11.2. The van der Waals surface area contributed by atoms with Gasteiger partial charge in [0.25, 0.3) is 0 Å². The van der Waals surface area contributed by atoms with Gasteiger partial charge in [0.15, 0.2) is 0 Å². The van der Waals surface area contributed by atoms with E-state index >= 15 is 0 Å². The molecule has 1 aliphatic heterocycles. The highest BCUT2D eigenvalue weighted by molar-refractivity contribution is 5.50. The largest absolute Gasteiger partial charge is 0.371 e. The van der Waals surface area contributed by atoms with E-state index in [0.717, 1.165) is 35.0 Å². The average molecular weight is 427 g/mol. The summed E-state index contributed by atoms with van der Waals surface area (Å²) in [5.74, 6) is 0.174. The van der Waals surface area contributed by atoms with Gasteiger partial charge in [0.2, 0.25) is 0 Å². The Balaban J connectivity index is 1.72. The van der Waals surface area contributed by atoms with Gasteiger partial charge in [-0.3, -0.25) is 0 Å². The molecule has 1 aliphatic rings. The van der Waals surface area contributed by atoms with Crippen LogP contribution in [-0.2, 0) is 19.9 Å². The van der Waals surface area contributed by atoms with E-state index < -0.39 is 5.60 Å². The lowest BCUT2D eigenvalue weighted by molar-refractivity contribution is -0.111. The van der Waals surface area contributed by atoms with Crippen molar-refractivity contribution in [1.82, 2.24) is 0 Å². The minimum Gasteiger partial charge on any atom is -0.371 e. The quantitative estimate of drug-likeness (QED) is 0.242. The SMILES string of the molecule is C=C(C)[C@H]1C[C@H](COC(c2ccccc2)(c2ccccc2)c2ccccc2)O[C@@H]1CC=O. The molecule has 164 valence electrons. The van der Waals surface area contributed by atoms with Gasteiger partial charge in [-0.2, -0.15) is 0 Å². The highest BCUT2D eigenvalue weighted by atomic mass is 16.6. The monoisotopic (exact) mass is 426 g/mol. The highest BCUT2D eigenvalue weighted by Gasteiger charge is 2.41. The van der Waals surface area contributed by atoms with Crippen molar-refractivity contribution < 1.29 is 14.3 Å². The number of benzene rings is 3. The van der Waals surface area contributed by atoms with Gasteiger partial charge in [0.1, 0.15) is 11.9 Å². The smallest absolute Gasteiger partial charge is 0.143 e. The van der Waals surface area contributed by atoms with Crippen LogP contribution in [0.1, 0.15) is 36.5 Å². The Labute approximate surface area is 190 Å². The molecule has 1 saturated heterocycles. The Morgan fingerprint density at radius 1 is 0.938 bits per heavy atom. The van der Waals surface area contributed by atoms with Crippen LogP contribution >= 0.6 is 0 Å². The molecule has 0 saturated carbocycles. The Bertz CT molecular complexity index is 917. The maximum atomic E-state index is 11.2. The van der Waals surface area contributed by atoms with Gasteiger partial charge >= 0.3 is 0 Å². The highest BCUT2D eigenvalue weighted by Crippen LogP contribution is 2.42. The molecule has 0 aliphatic carbocycles. The van der Waals surface area contributed by atoms with Crippen molar-refractivity contribution in [3.8, 4) is 0 Å². The molecule has 32 heavy (non-hydrogen) atoms. The molecule has 3 heteroatoms. The van der Waals surface area contributed by atoms with Crippen LogP contribution in [0.3, 0.4) is 0 Å². The summed E-state index contributed by atoms with van der Waals surface area (Å²) in [6, 6.07) is 31.0. The molecule has 0 N–H and O–H groups in total. The number of ether oxygens (including phenoxy) is 2. The number of rotatable bonds is 9. The first kappa shape index (κ1) is 22.2. The molecule has 4 rings (SSSR count). The molecule has 0 bridgehead atoms. The van der Waals surface area contributed by atoms with E-state index in [0.29, 0.717) is 13.0 Å². The molecule has 0 spiro atoms. The van der Waals surface area contributed by atoms with Crippen molar-refractivity contribution in [2.24, 2.45) is 5.92 Å². The number of aldehydes is 1. The van der Waals surface area contributed by atoms with Crippen molar-refractivity contribution in [3.63, 3.8) is 0 Å². The van der Waals surface area contributed by atoms with E-state index in [-0.39, 0.29) is 18.1 Å². The van der Waals surface area contributed by atoms with E-state index in [1.165, 1.54) is 0 Å². The summed E-state index contributed by atoms with van der Waals surface area (Å²) in [6.07, 6.45) is 1.90. The summed E-state index contributed by atoms with van der Waals surface area (Å²) in [6.45, 7) is 6.54. The summed E-state index contributed by atoms with van der Waals surface area (Å²) >= 11 is 0. The standard InChI is InChI=1S/C29H30O3/c1-22(2)27-20-26(32-28(27)18-19-30)21-31-29(23-12-6-3-7-13-23,24-14-8-4-9-15-24)25-16-10-5-11-17-25/h3-17,19,26-28H,1,18,20-21H2,2H3/t26-,27-,28-/m1/s1. The predicted molar refractivity (Wildman–Crippen MR) is 127 cm³/mol. The second-order valence-electron chi connectivity index (χ2n) is 8.48. The van der Waals surface area contributed by atoms with Gasteiger partial charge in [0, 0.05) is 12.3 Å². The van der Waals surface area contributed by atoms with Crippen LogP contribution in [0.15, 0.2) is 103 Å². The summed E-state index contributed by atoms with van der Waals surface area (Å²) in [7, 11) is 0. The Morgan fingerprint density at radius 3 is 1.81 bits per heavy atom. The number of carbonyl (C=O) groups excluding carboxylic acids is 1. The van der Waals surface area contributed by atoms with Crippen molar-refractivity contribution in [2.45, 2.75) is 37.6 Å². The van der Waals surface area contributed by atoms with Crippen LogP contribution in [0.4, 0.5) is 0 Å². The maximum Gasteiger partial charge on any atom is 0.143 e. The summed E-state index contributed by atoms with van der Waals surface area (Å²) in [5.41, 5.74) is 3.48. The van der Waals surface area contributed by atoms with E-state index in [1.807, 2.05) is 61.5 Å². The minimum atomic E-state index is -0.769. The second kappa shape index (κ2) is 10.1. The van der Waals surface area contributed by atoms with Crippen LogP contribution in [0, 0.1) is 5.92 Å². The van der Waals surface area contributed by atoms with Gasteiger partial charge in [-0.25, -0.2) is 0 Å².